The lowest BCUT2D eigenvalue weighted by atomic mass is 9.79. The Bertz CT molecular complexity index is 315. The van der Waals surface area contributed by atoms with Gasteiger partial charge in [0.1, 0.15) is 0 Å². The van der Waals surface area contributed by atoms with Crippen LogP contribution in [0.15, 0.2) is 0 Å². The first-order chi connectivity index (χ1) is 8.99. The summed E-state index contributed by atoms with van der Waals surface area (Å²) in [7, 11) is 1.15. The van der Waals surface area contributed by atoms with E-state index in [2.05, 4.69) is 10.6 Å². The molecular formula is C14H28N2O2S. The molecule has 1 saturated carbocycles. The van der Waals surface area contributed by atoms with Crippen molar-refractivity contribution in [3.05, 3.63) is 0 Å². The molecule has 0 bridgehead atoms. The summed E-state index contributed by atoms with van der Waals surface area (Å²) in [5.74, 6) is 0.116. The fraction of sp³-hybridized carbons (Fsp3) is 0.929. The number of amides is 1. The lowest BCUT2D eigenvalue weighted by molar-refractivity contribution is -0.122. The first-order valence-corrected chi connectivity index (χ1v) is 8.89. The zero-order chi connectivity index (χ0) is 14.3. The van der Waals surface area contributed by atoms with E-state index in [4.69, 9.17) is 0 Å². The molecule has 0 aromatic carbocycles. The molecule has 4 nitrogen and oxygen atoms in total. The Morgan fingerprint density at radius 2 is 1.95 bits per heavy atom. The third kappa shape index (κ3) is 5.61. The van der Waals surface area contributed by atoms with Crippen molar-refractivity contribution in [3.63, 3.8) is 0 Å². The van der Waals surface area contributed by atoms with Crippen molar-refractivity contribution < 1.29 is 9.00 Å². The largest absolute Gasteiger partial charge is 0.356 e. The number of carbonyl (C=O) groups excluding carboxylic acids is 1. The summed E-state index contributed by atoms with van der Waals surface area (Å²) in [6.45, 7) is 2.58. The molecule has 0 aromatic heterocycles. The summed E-state index contributed by atoms with van der Waals surface area (Å²) < 4.78 is 11.2. The second-order valence-electron chi connectivity index (χ2n) is 5.72. The van der Waals surface area contributed by atoms with Crippen molar-refractivity contribution in [1.82, 2.24) is 10.6 Å². The summed E-state index contributed by atoms with van der Waals surface area (Å²) in [6, 6.07) is 0. The summed E-state index contributed by atoms with van der Waals surface area (Å²) in [6.07, 6.45) is 8.93. The molecule has 5 heteroatoms. The van der Waals surface area contributed by atoms with E-state index in [0.717, 1.165) is 19.3 Å². The Morgan fingerprint density at radius 3 is 2.47 bits per heavy atom. The molecule has 0 radical (unpaired) electrons. The van der Waals surface area contributed by atoms with Crippen molar-refractivity contribution in [3.8, 4) is 0 Å². The third-order valence-electron chi connectivity index (χ3n) is 4.28. The van der Waals surface area contributed by atoms with Gasteiger partial charge >= 0.3 is 0 Å². The Hall–Kier alpha value is -0.420. The van der Waals surface area contributed by atoms with Gasteiger partial charge in [0.25, 0.3) is 0 Å². The van der Waals surface area contributed by atoms with Crippen molar-refractivity contribution in [1.29, 1.82) is 0 Å². The molecule has 2 atom stereocenters. The molecule has 0 saturated heterocycles. The van der Waals surface area contributed by atoms with Gasteiger partial charge < -0.3 is 10.6 Å². The molecule has 2 unspecified atom stereocenters. The van der Waals surface area contributed by atoms with Gasteiger partial charge in [-0.2, -0.15) is 0 Å². The van der Waals surface area contributed by atoms with Crippen LogP contribution in [0.1, 0.15) is 51.9 Å². The van der Waals surface area contributed by atoms with Gasteiger partial charge in [-0.05, 0) is 26.3 Å². The van der Waals surface area contributed by atoms with Gasteiger partial charge in [0.2, 0.25) is 5.91 Å². The van der Waals surface area contributed by atoms with Crippen molar-refractivity contribution in [2.24, 2.45) is 0 Å². The fourth-order valence-electron chi connectivity index (χ4n) is 2.69. The van der Waals surface area contributed by atoms with Crippen LogP contribution in [0.25, 0.3) is 0 Å². The average molecular weight is 288 g/mol. The molecule has 1 aliphatic carbocycles. The van der Waals surface area contributed by atoms with E-state index in [9.17, 15) is 9.00 Å². The van der Waals surface area contributed by atoms with Crippen LogP contribution in [-0.4, -0.2) is 40.8 Å². The van der Waals surface area contributed by atoms with Crippen LogP contribution in [0.2, 0.25) is 0 Å². The smallest absolute Gasteiger partial charge is 0.221 e. The van der Waals surface area contributed by atoms with Gasteiger partial charge in [-0.1, -0.05) is 26.2 Å². The molecule has 112 valence electrons. The highest BCUT2D eigenvalue weighted by Gasteiger charge is 2.32. The summed E-state index contributed by atoms with van der Waals surface area (Å²) in [5, 5.41) is 6.46. The molecule has 2 N–H and O–H groups in total. The predicted octanol–water partition coefficient (Wildman–Crippen LogP) is 1.57. The highest BCUT2D eigenvalue weighted by Crippen LogP contribution is 2.30. The van der Waals surface area contributed by atoms with Crippen LogP contribution < -0.4 is 10.6 Å². The maximum absolute atomic E-state index is 12.0. The first-order valence-electron chi connectivity index (χ1n) is 7.27. The van der Waals surface area contributed by atoms with Crippen LogP contribution in [0.3, 0.4) is 0 Å². The number of carbonyl (C=O) groups is 1. The second-order valence-corrected chi connectivity index (χ2v) is 7.52. The number of rotatable bonds is 7. The van der Waals surface area contributed by atoms with Crippen molar-refractivity contribution >= 4 is 16.7 Å². The molecule has 0 heterocycles. The molecule has 0 aliphatic heterocycles. The third-order valence-corrected chi connectivity index (χ3v) is 5.65. The maximum Gasteiger partial charge on any atom is 0.221 e. The van der Waals surface area contributed by atoms with Gasteiger partial charge in [-0.25, -0.2) is 0 Å². The summed E-state index contributed by atoms with van der Waals surface area (Å²) in [4.78, 5) is 12.0. The number of hydrogen-bond acceptors (Lipinski definition) is 3. The van der Waals surface area contributed by atoms with Crippen LogP contribution in [0.4, 0.5) is 0 Å². The Kier molecular flexibility index (Phi) is 7.00. The highest BCUT2D eigenvalue weighted by atomic mass is 32.2. The van der Waals surface area contributed by atoms with E-state index in [1.54, 1.807) is 6.26 Å². The summed E-state index contributed by atoms with van der Waals surface area (Å²) in [5.41, 5.74) is 0.00151. The van der Waals surface area contributed by atoms with E-state index >= 15 is 0 Å². The normalized spacial score (nSPS) is 21.6. The van der Waals surface area contributed by atoms with E-state index in [0.29, 0.717) is 13.0 Å². The molecule has 1 amide bonds. The van der Waals surface area contributed by atoms with E-state index in [-0.39, 0.29) is 16.7 Å². The van der Waals surface area contributed by atoms with Crippen LogP contribution in [0, 0.1) is 0 Å². The lowest BCUT2D eigenvalue weighted by Gasteiger charge is -2.36. The SMILES string of the molecule is CNC1(CC(=O)NCCC(C)S(C)=O)CCCCC1. The highest BCUT2D eigenvalue weighted by molar-refractivity contribution is 7.84. The maximum atomic E-state index is 12.0. The van der Waals surface area contributed by atoms with E-state index < -0.39 is 10.8 Å². The number of hydrogen-bond donors (Lipinski definition) is 2. The quantitative estimate of drug-likeness (QED) is 0.747. The minimum atomic E-state index is -0.805. The molecule has 1 fully saturated rings. The number of nitrogens with one attached hydrogen (secondary N) is 2. The first kappa shape index (κ1) is 16.6. The van der Waals surface area contributed by atoms with Crippen LogP contribution in [0.5, 0.6) is 0 Å². The molecule has 0 spiro atoms. The fourth-order valence-corrected chi connectivity index (χ4v) is 3.14. The standard InChI is InChI=1S/C14H28N2O2S/c1-12(19(3)18)7-10-16-13(17)11-14(15-2)8-5-4-6-9-14/h12,15H,4-11H2,1-3H3,(H,16,17). The van der Waals surface area contributed by atoms with Gasteiger partial charge in [-0.15, -0.1) is 0 Å². The van der Waals surface area contributed by atoms with Gasteiger partial charge in [0.15, 0.2) is 0 Å². The minimum Gasteiger partial charge on any atom is -0.356 e. The Morgan fingerprint density at radius 1 is 1.32 bits per heavy atom. The predicted molar refractivity (Wildman–Crippen MR) is 80.6 cm³/mol. The minimum absolute atomic E-state index is 0.00151. The second kappa shape index (κ2) is 8.00. The van der Waals surface area contributed by atoms with Crippen LogP contribution >= 0.6 is 0 Å². The zero-order valence-electron chi connectivity index (χ0n) is 12.5. The van der Waals surface area contributed by atoms with Crippen molar-refractivity contribution in [2.45, 2.75) is 62.7 Å². The lowest BCUT2D eigenvalue weighted by Crippen LogP contribution is -2.48. The topological polar surface area (TPSA) is 58.2 Å². The van der Waals surface area contributed by atoms with Gasteiger partial charge in [0.05, 0.1) is 0 Å². The molecule has 19 heavy (non-hydrogen) atoms. The van der Waals surface area contributed by atoms with Crippen molar-refractivity contribution in [2.75, 3.05) is 19.8 Å². The molecule has 1 aliphatic rings. The van der Waals surface area contributed by atoms with Gasteiger partial charge in [-0.3, -0.25) is 9.00 Å². The van der Waals surface area contributed by atoms with Gasteiger partial charge in [0, 0.05) is 40.8 Å². The van der Waals surface area contributed by atoms with E-state index in [1.807, 2.05) is 14.0 Å². The average Bonchev–Trinajstić information content (AvgIpc) is 2.39. The molecule has 1 rings (SSSR count). The van der Waals surface area contributed by atoms with Crippen LogP contribution in [-0.2, 0) is 15.6 Å². The Labute approximate surface area is 119 Å². The Balaban J connectivity index is 2.31. The monoisotopic (exact) mass is 288 g/mol. The summed E-state index contributed by atoms with van der Waals surface area (Å²) >= 11 is 0. The zero-order valence-corrected chi connectivity index (χ0v) is 13.3. The molecular weight excluding hydrogens is 260 g/mol. The molecule has 0 aromatic rings. The van der Waals surface area contributed by atoms with E-state index in [1.165, 1.54) is 19.3 Å².